The van der Waals surface area contributed by atoms with E-state index in [0.29, 0.717) is 18.1 Å². The van der Waals surface area contributed by atoms with Crippen molar-refractivity contribution in [1.82, 2.24) is 15.2 Å². The molecule has 0 radical (unpaired) electrons. The molecule has 3 N–H and O–H groups in total. The van der Waals surface area contributed by atoms with Crippen molar-refractivity contribution in [3.63, 3.8) is 0 Å². The zero-order chi connectivity index (χ0) is 16.6. The van der Waals surface area contributed by atoms with Gasteiger partial charge in [0.1, 0.15) is 18.8 Å². The molecule has 1 aromatic carbocycles. The Morgan fingerprint density at radius 2 is 1.96 bits per heavy atom. The lowest BCUT2D eigenvalue weighted by Crippen LogP contribution is -3.14. The van der Waals surface area contributed by atoms with Gasteiger partial charge in [0.2, 0.25) is 5.95 Å². The number of anilines is 1. The molecular formula is C17H24N5O2+. The summed E-state index contributed by atoms with van der Waals surface area (Å²) >= 11 is 0. The van der Waals surface area contributed by atoms with E-state index >= 15 is 0 Å². The molecule has 1 fully saturated rings. The molecule has 7 heteroatoms. The van der Waals surface area contributed by atoms with E-state index in [1.54, 1.807) is 4.90 Å². The first kappa shape index (κ1) is 16.6. The van der Waals surface area contributed by atoms with E-state index in [9.17, 15) is 4.79 Å². The molecule has 1 aliphatic heterocycles. The van der Waals surface area contributed by atoms with E-state index < -0.39 is 0 Å². The van der Waals surface area contributed by atoms with Gasteiger partial charge >= 0.3 is 0 Å². The maximum atomic E-state index is 12.1. The van der Waals surface area contributed by atoms with Crippen molar-refractivity contribution >= 4 is 5.95 Å². The van der Waals surface area contributed by atoms with Gasteiger partial charge in [-0.3, -0.25) is 9.78 Å². The van der Waals surface area contributed by atoms with Crippen LogP contribution in [-0.4, -0.2) is 54.6 Å². The Bertz CT molecular complexity index is 683. The van der Waals surface area contributed by atoms with Crippen molar-refractivity contribution < 1.29 is 9.64 Å². The summed E-state index contributed by atoms with van der Waals surface area (Å²) < 4.78 is 5.35. The molecule has 0 amide bonds. The van der Waals surface area contributed by atoms with Crippen LogP contribution in [-0.2, 0) is 11.2 Å². The summed E-state index contributed by atoms with van der Waals surface area (Å²) in [5.74, 6) is 0.439. The lowest BCUT2D eigenvalue weighted by molar-refractivity contribution is -0.908. The van der Waals surface area contributed by atoms with Crippen LogP contribution in [0.25, 0.3) is 0 Å². The van der Waals surface area contributed by atoms with Crippen LogP contribution in [0, 0.1) is 0 Å². The molecule has 24 heavy (non-hydrogen) atoms. The number of nitrogens with one attached hydrogen (secondary N) is 3. The quantitative estimate of drug-likeness (QED) is 0.595. The molecule has 0 saturated carbocycles. The van der Waals surface area contributed by atoms with Gasteiger partial charge in [0, 0.05) is 19.4 Å². The van der Waals surface area contributed by atoms with E-state index in [2.05, 4.69) is 20.5 Å². The summed E-state index contributed by atoms with van der Waals surface area (Å²) in [6.45, 7) is 5.72. The predicted molar refractivity (Wildman–Crippen MR) is 91.4 cm³/mol. The highest BCUT2D eigenvalue weighted by molar-refractivity contribution is 5.24. The summed E-state index contributed by atoms with van der Waals surface area (Å²) in [6, 6.07) is 9.79. The van der Waals surface area contributed by atoms with Gasteiger partial charge in [-0.25, -0.2) is 0 Å². The molecule has 0 bridgehead atoms. The second kappa shape index (κ2) is 8.56. The zero-order valence-corrected chi connectivity index (χ0v) is 13.8. The van der Waals surface area contributed by atoms with Crippen LogP contribution in [0.1, 0.15) is 17.7 Å². The van der Waals surface area contributed by atoms with Gasteiger partial charge in [0.15, 0.2) is 0 Å². The van der Waals surface area contributed by atoms with Gasteiger partial charge in [0.05, 0.1) is 19.8 Å². The maximum Gasteiger partial charge on any atom is 0.274 e. The Morgan fingerprint density at radius 3 is 2.71 bits per heavy atom. The van der Waals surface area contributed by atoms with Crippen molar-refractivity contribution in [1.29, 1.82) is 0 Å². The number of hydrogen-bond donors (Lipinski definition) is 3. The number of aromatic nitrogens is 3. The largest absolute Gasteiger partial charge is 0.370 e. The normalized spacial score (nSPS) is 15.3. The van der Waals surface area contributed by atoms with Crippen molar-refractivity contribution in [2.75, 3.05) is 44.7 Å². The first-order valence-electron chi connectivity index (χ1n) is 8.46. The highest BCUT2D eigenvalue weighted by Crippen LogP contribution is 2.03. The molecule has 1 aliphatic rings. The number of quaternary nitrogens is 1. The molecule has 0 atom stereocenters. The van der Waals surface area contributed by atoms with Crippen LogP contribution in [0.15, 0.2) is 35.1 Å². The van der Waals surface area contributed by atoms with Gasteiger partial charge in [-0.05, 0) is 5.56 Å². The fraction of sp³-hybridized carbons (Fsp3) is 0.471. The molecule has 0 unspecified atom stereocenters. The fourth-order valence-electron chi connectivity index (χ4n) is 2.80. The zero-order valence-electron chi connectivity index (χ0n) is 13.8. The molecular weight excluding hydrogens is 306 g/mol. The van der Waals surface area contributed by atoms with Gasteiger partial charge in [0.25, 0.3) is 5.56 Å². The van der Waals surface area contributed by atoms with Crippen LogP contribution >= 0.6 is 0 Å². The molecule has 128 valence electrons. The lowest BCUT2D eigenvalue weighted by atomic mass is 10.1. The minimum Gasteiger partial charge on any atom is -0.370 e. The van der Waals surface area contributed by atoms with Crippen LogP contribution in [0.2, 0.25) is 0 Å². The van der Waals surface area contributed by atoms with E-state index in [4.69, 9.17) is 4.74 Å². The van der Waals surface area contributed by atoms with E-state index in [-0.39, 0.29) is 5.56 Å². The van der Waals surface area contributed by atoms with Gasteiger partial charge in [-0.15, -0.1) is 10.2 Å². The van der Waals surface area contributed by atoms with Crippen LogP contribution in [0.3, 0.4) is 0 Å². The number of benzene rings is 1. The number of hydrogen-bond acceptors (Lipinski definition) is 5. The molecule has 2 aromatic rings. The standard InChI is InChI=1S/C17H23N5O2/c23-16-15(13-14-5-2-1-3-6-14)20-21-17(19-16)18-7-4-8-22-9-11-24-12-10-22/h1-3,5-6H,4,7-13H2,(H2,18,19,21,23)/p+1. The number of rotatable bonds is 7. The summed E-state index contributed by atoms with van der Waals surface area (Å²) in [6.07, 6.45) is 1.51. The smallest absolute Gasteiger partial charge is 0.274 e. The first-order valence-corrected chi connectivity index (χ1v) is 8.46. The minimum atomic E-state index is -0.185. The first-order chi connectivity index (χ1) is 11.8. The molecule has 1 aromatic heterocycles. The number of morpholine rings is 1. The Labute approximate surface area is 141 Å². The molecule has 3 rings (SSSR count). The van der Waals surface area contributed by atoms with Gasteiger partial charge in [-0.2, -0.15) is 0 Å². The number of ether oxygens (including phenoxy) is 1. The van der Waals surface area contributed by atoms with Crippen molar-refractivity contribution in [2.24, 2.45) is 0 Å². The van der Waals surface area contributed by atoms with Crippen molar-refractivity contribution in [2.45, 2.75) is 12.8 Å². The summed E-state index contributed by atoms with van der Waals surface area (Å²) in [4.78, 5) is 16.4. The second-order valence-corrected chi connectivity index (χ2v) is 6.00. The Hall–Kier alpha value is -2.25. The van der Waals surface area contributed by atoms with Crippen LogP contribution < -0.4 is 15.8 Å². The third-order valence-corrected chi connectivity index (χ3v) is 4.18. The topological polar surface area (TPSA) is 84.3 Å². The Balaban J connectivity index is 1.46. The lowest BCUT2D eigenvalue weighted by Gasteiger charge is -2.23. The van der Waals surface area contributed by atoms with Gasteiger partial charge < -0.3 is 15.0 Å². The molecule has 2 heterocycles. The number of H-pyrrole nitrogens is 1. The SMILES string of the molecule is O=c1[nH]c(NCCC[NH+]2CCOCC2)nnc1Cc1ccccc1. The third-order valence-electron chi connectivity index (χ3n) is 4.18. The molecule has 0 aliphatic carbocycles. The predicted octanol–water partition coefficient (Wildman–Crippen LogP) is -0.527. The van der Waals surface area contributed by atoms with E-state index in [1.807, 2.05) is 30.3 Å². The number of aromatic amines is 1. The maximum absolute atomic E-state index is 12.1. The molecule has 1 saturated heterocycles. The Morgan fingerprint density at radius 1 is 1.17 bits per heavy atom. The highest BCUT2D eigenvalue weighted by atomic mass is 16.5. The highest BCUT2D eigenvalue weighted by Gasteiger charge is 2.12. The third kappa shape index (κ3) is 4.87. The summed E-state index contributed by atoms with van der Waals surface area (Å²) in [5, 5.41) is 11.3. The second-order valence-electron chi connectivity index (χ2n) is 6.00. The number of nitrogens with zero attached hydrogens (tertiary/aromatic N) is 2. The fourth-order valence-corrected chi connectivity index (χ4v) is 2.80. The van der Waals surface area contributed by atoms with Crippen LogP contribution in [0.5, 0.6) is 0 Å². The Kier molecular flexibility index (Phi) is 5.92. The van der Waals surface area contributed by atoms with E-state index in [0.717, 1.165) is 51.4 Å². The monoisotopic (exact) mass is 330 g/mol. The molecule has 0 spiro atoms. The van der Waals surface area contributed by atoms with E-state index in [1.165, 1.54) is 0 Å². The van der Waals surface area contributed by atoms with Crippen molar-refractivity contribution in [3.8, 4) is 0 Å². The summed E-state index contributed by atoms with van der Waals surface area (Å²) in [7, 11) is 0. The molecule has 7 nitrogen and oxygen atoms in total. The van der Waals surface area contributed by atoms with Gasteiger partial charge in [-0.1, -0.05) is 30.3 Å². The average Bonchev–Trinajstić information content (AvgIpc) is 2.63. The average molecular weight is 330 g/mol. The van der Waals surface area contributed by atoms with Crippen LogP contribution in [0.4, 0.5) is 5.95 Å². The minimum absolute atomic E-state index is 0.185. The van der Waals surface area contributed by atoms with Crippen molar-refractivity contribution in [3.05, 3.63) is 51.9 Å². The summed E-state index contributed by atoms with van der Waals surface area (Å²) in [5.41, 5.74) is 1.30.